The van der Waals surface area contributed by atoms with Crippen LogP contribution in [-0.4, -0.2) is 12.2 Å². The zero-order chi connectivity index (χ0) is 43.6. The molecule has 8 aromatic rings. The summed E-state index contributed by atoms with van der Waals surface area (Å²) in [5, 5.41) is 15.6. The lowest BCUT2D eigenvalue weighted by molar-refractivity contribution is 0.0451. The lowest BCUT2D eigenvalue weighted by atomic mass is 9.75. The van der Waals surface area contributed by atoms with Gasteiger partial charge in [0.15, 0.2) is 0 Å². The van der Waals surface area contributed by atoms with Crippen LogP contribution < -0.4 is 9.47 Å². The van der Waals surface area contributed by atoms with Crippen LogP contribution in [0.5, 0.6) is 11.5 Å². The van der Waals surface area contributed by atoms with Crippen LogP contribution in [-0.2, 0) is 10.8 Å². The molecule has 0 spiro atoms. The molecule has 6 atom stereocenters. The van der Waals surface area contributed by atoms with Gasteiger partial charge in [-0.2, -0.15) is 0 Å². The Hall–Kier alpha value is -4.56. The van der Waals surface area contributed by atoms with Gasteiger partial charge in [-0.25, -0.2) is 0 Å². The molecule has 2 heteroatoms. The average Bonchev–Trinajstić information content (AvgIpc) is 3.21. The Morgan fingerprint density at radius 2 is 0.758 bits per heavy atom. The highest BCUT2D eigenvalue weighted by molar-refractivity contribution is 6.31. The monoisotopic (exact) mass is 823 g/mol. The standard InChI is InChI=1S/C60H70O2/c1-33(2)45-21-13-35(5)25-49(45)61-51-31-41-17-15-37-27-43(59(7,8)9)29-39-19-23-47(55(41)53(37)39)57(51)58-48-24-20-40-30-44(60(10,11)12)28-38-16-18-42(56(48)54(38)40)32-52(58)62-50-26-36(6)14-22-46(50)34(3)4/h15-20,23-24,27-36,45-46,49-50H,13-14,21-22,25-26H2,1-12H3. The van der Waals surface area contributed by atoms with Crippen LogP contribution >= 0.6 is 0 Å². The van der Waals surface area contributed by atoms with E-state index < -0.39 is 0 Å². The van der Waals surface area contributed by atoms with Gasteiger partial charge in [0.25, 0.3) is 0 Å². The van der Waals surface area contributed by atoms with Gasteiger partial charge in [0.05, 0.1) is 0 Å². The zero-order valence-electron chi connectivity index (χ0n) is 39.8. The maximum atomic E-state index is 7.71. The van der Waals surface area contributed by atoms with Crippen molar-refractivity contribution in [1.82, 2.24) is 0 Å². The van der Waals surface area contributed by atoms with E-state index in [0.717, 1.165) is 24.3 Å². The Balaban J connectivity index is 1.32. The number of hydrogen-bond acceptors (Lipinski definition) is 2. The smallest absolute Gasteiger partial charge is 0.128 e. The fourth-order valence-electron chi connectivity index (χ4n) is 12.1. The summed E-state index contributed by atoms with van der Waals surface area (Å²) in [5.41, 5.74) is 5.23. The highest BCUT2D eigenvalue weighted by atomic mass is 16.5. The number of rotatable bonds is 7. The summed E-state index contributed by atoms with van der Waals surface area (Å²) >= 11 is 0. The molecule has 2 nitrogen and oxygen atoms in total. The van der Waals surface area contributed by atoms with E-state index in [0.29, 0.717) is 35.5 Å². The predicted molar refractivity (Wildman–Crippen MR) is 268 cm³/mol. The molecule has 6 unspecified atom stereocenters. The molecule has 0 bridgehead atoms. The molecule has 2 fully saturated rings. The number of benzene rings is 8. The second kappa shape index (κ2) is 15.0. The molecule has 0 N–H and O–H groups in total. The van der Waals surface area contributed by atoms with Crippen LogP contribution in [0.4, 0.5) is 0 Å². The summed E-state index contributed by atoms with van der Waals surface area (Å²) in [4.78, 5) is 0. The van der Waals surface area contributed by atoms with Crippen molar-refractivity contribution in [3.05, 3.63) is 96.1 Å². The Morgan fingerprint density at radius 1 is 0.435 bits per heavy atom. The van der Waals surface area contributed by atoms with Gasteiger partial charge in [-0.05, 0) is 160 Å². The van der Waals surface area contributed by atoms with Gasteiger partial charge < -0.3 is 9.47 Å². The van der Waals surface area contributed by atoms with E-state index in [1.807, 2.05) is 0 Å². The molecule has 62 heavy (non-hydrogen) atoms. The predicted octanol–water partition coefficient (Wildman–Crippen LogP) is 17.4. The quantitative estimate of drug-likeness (QED) is 0.149. The molecule has 2 aliphatic carbocycles. The molecule has 0 saturated heterocycles. The van der Waals surface area contributed by atoms with E-state index in [1.54, 1.807) is 0 Å². The molecule has 322 valence electrons. The minimum Gasteiger partial charge on any atom is -0.489 e. The molecular formula is C60H70O2. The minimum atomic E-state index is 0.0484. The number of hydrogen-bond donors (Lipinski definition) is 0. The third-order valence-corrected chi connectivity index (χ3v) is 15.8. The van der Waals surface area contributed by atoms with E-state index in [2.05, 4.69) is 168 Å². The van der Waals surface area contributed by atoms with Crippen molar-refractivity contribution in [3.63, 3.8) is 0 Å². The molecule has 0 heterocycles. The van der Waals surface area contributed by atoms with E-state index in [9.17, 15) is 0 Å². The van der Waals surface area contributed by atoms with Gasteiger partial charge in [0.2, 0.25) is 0 Å². The number of ether oxygens (including phenoxy) is 2. The normalized spacial score (nSPS) is 23.1. The first kappa shape index (κ1) is 41.5. The molecule has 0 amide bonds. The van der Waals surface area contributed by atoms with E-state index in [4.69, 9.17) is 9.47 Å². The van der Waals surface area contributed by atoms with Crippen LogP contribution in [0.15, 0.2) is 84.9 Å². The SMILES string of the molecule is CC1CCC(C(C)C)C(Oc2cc3ccc4cc(C(C)(C)C)cc5ccc(c2-c2c(OC6CC(C)CCC6C(C)C)cc6ccc7cc(C(C)(C)C)cc8ccc2c6c78)c3c45)C1. The minimum absolute atomic E-state index is 0.0484. The summed E-state index contributed by atoms with van der Waals surface area (Å²) in [6.45, 7) is 28.4. The van der Waals surface area contributed by atoms with Gasteiger partial charge in [-0.3, -0.25) is 0 Å². The molecule has 10 rings (SSSR count). The second-order valence-electron chi connectivity index (χ2n) is 23.1. The van der Waals surface area contributed by atoms with Gasteiger partial charge in [-0.1, -0.05) is 169 Å². The van der Waals surface area contributed by atoms with Crippen molar-refractivity contribution in [2.75, 3.05) is 0 Å². The van der Waals surface area contributed by atoms with E-state index in [-0.39, 0.29) is 23.0 Å². The third-order valence-electron chi connectivity index (χ3n) is 15.8. The van der Waals surface area contributed by atoms with Crippen LogP contribution in [0.3, 0.4) is 0 Å². The van der Waals surface area contributed by atoms with E-state index in [1.165, 1.54) is 113 Å². The summed E-state index contributed by atoms with van der Waals surface area (Å²) in [6, 6.07) is 33.7. The zero-order valence-corrected chi connectivity index (χ0v) is 39.8. The molecule has 2 aliphatic rings. The lowest BCUT2D eigenvalue weighted by Gasteiger charge is -2.39. The fraction of sp³-hybridized carbons (Fsp3) is 0.467. The molecular weight excluding hydrogens is 753 g/mol. The molecule has 0 radical (unpaired) electrons. The Labute approximate surface area is 371 Å². The summed E-state index contributed by atoms with van der Waals surface area (Å²) < 4.78 is 15.4. The first-order chi connectivity index (χ1) is 29.4. The topological polar surface area (TPSA) is 18.5 Å². The largest absolute Gasteiger partial charge is 0.489 e. The maximum absolute atomic E-state index is 7.71. The third kappa shape index (κ3) is 6.98. The Kier molecular flexibility index (Phi) is 10.0. The van der Waals surface area contributed by atoms with Crippen LogP contribution in [0.2, 0.25) is 0 Å². The molecule has 0 aromatic heterocycles. The summed E-state index contributed by atoms with van der Waals surface area (Å²) in [7, 11) is 0. The van der Waals surface area contributed by atoms with Crippen molar-refractivity contribution >= 4 is 64.6 Å². The van der Waals surface area contributed by atoms with Crippen LogP contribution in [0, 0.1) is 35.5 Å². The maximum Gasteiger partial charge on any atom is 0.128 e. The van der Waals surface area contributed by atoms with Crippen molar-refractivity contribution in [1.29, 1.82) is 0 Å². The first-order valence-electron chi connectivity index (χ1n) is 24.3. The van der Waals surface area contributed by atoms with Gasteiger partial charge >= 0.3 is 0 Å². The van der Waals surface area contributed by atoms with Gasteiger partial charge in [0, 0.05) is 11.1 Å². The van der Waals surface area contributed by atoms with Crippen molar-refractivity contribution < 1.29 is 9.47 Å². The highest BCUT2D eigenvalue weighted by Gasteiger charge is 2.36. The van der Waals surface area contributed by atoms with Crippen LogP contribution in [0.1, 0.15) is 133 Å². The van der Waals surface area contributed by atoms with E-state index >= 15 is 0 Å². The first-order valence-corrected chi connectivity index (χ1v) is 24.3. The van der Waals surface area contributed by atoms with Gasteiger partial charge in [-0.15, -0.1) is 0 Å². The fourth-order valence-corrected chi connectivity index (χ4v) is 12.1. The van der Waals surface area contributed by atoms with Crippen molar-refractivity contribution in [3.8, 4) is 22.6 Å². The Bertz CT molecular complexity index is 2710. The molecule has 2 saturated carbocycles. The lowest BCUT2D eigenvalue weighted by Crippen LogP contribution is -2.36. The molecule has 0 aliphatic heterocycles. The molecule has 8 aromatic carbocycles. The van der Waals surface area contributed by atoms with Gasteiger partial charge in [0.1, 0.15) is 23.7 Å². The second-order valence-corrected chi connectivity index (χ2v) is 23.1. The van der Waals surface area contributed by atoms with Crippen LogP contribution in [0.25, 0.3) is 75.8 Å². The average molecular weight is 823 g/mol. The summed E-state index contributed by atoms with van der Waals surface area (Å²) in [5.74, 6) is 5.38. The summed E-state index contributed by atoms with van der Waals surface area (Å²) in [6.07, 6.45) is 7.41. The highest BCUT2D eigenvalue weighted by Crippen LogP contribution is 2.54. The van der Waals surface area contributed by atoms with Crippen molar-refractivity contribution in [2.24, 2.45) is 35.5 Å². The Morgan fingerprint density at radius 3 is 1.08 bits per heavy atom. The van der Waals surface area contributed by atoms with Crippen molar-refractivity contribution in [2.45, 2.75) is 145 Å².